The molecular weight excluding hydrogens is 350 g/mol. The van der Waals surface area contributed by atoms with Crippen LogP contribution in [0, 0.1) is 12.8 Å². The zero-order valence-electron chi connectivity index (χ0n) is 14.7. The van der Waals surface area contributed by atoms with Gasteiger partial charge in [-0.05, 0) is 30.2 Å². The highest BCUT2D eigenvalue weighted by Crippen LogP contribution is 2.08. The fraction of sp³-hybridized carbons (Fsp3) is 0.300. The molecule has 1 heterocycles. The van der Waals surface area contributed by atoms with Gasteiger partial charge >= 0.3 is 0 Å². The van der Waals surface area contributed by atoms with Crippen molar-refractivity contribution in [3.63, 3.8) is 0 Å². The molecule has 2 amide bonds. The van der Waals surface area contributed by atoms with Crippen molar-refractivity contribution in [1.82, 2.24) is 16.0 Å². The second-order valence-electron chi connectivity index (χ2n) is 6.44. The maximum Gasteiger partial charge on any atom is 0.251 e. The van der Waals surface area contributed by atoms with Crippen molar-refractivity contribution < 1.29 is 9.59 Å². The molecule has 0 aromatic heterocycles. The lowest BCUT2D eigenvalue weighted by Crippen LogP contribution is -2.50. The Morgan fingerprint density at radius 2 is 1.69 bits per heavy atom. The van der Waals surface area contributed by atoms with Crippen molar-refractivity contribution in [2.24, 2.45) is 5.92 Å². The van der Waals surface area contributed by atoms with E-state index in [4.69, 9.17) is 0 Å². The smallest absolute Gasteiger partial charge is 0.251 e. The number of benzene rings is 2. The molecule has 0 atom stereocenters. The summed E-state index contributed by atoms with van der Waals surface area (Å²) < 4.78 is 0. The van der Waals surface area contributed by atoms with Crippen molar-refractivity contribution in [1.29, 1.82) is 0 Å². The monoisotopic (exact) mass is 373 g/mol. The molecule has 0 saturated carbocycles. The zero-order valence-corrected chi connectivity index (χ0v) is 15.6. The third-order valence-electron chi connectivity index (χ3n) is 4.38. The molecule has 1 aliphatic rings. The molecule has 3 N–H and O–H groups in total. The zero-order chi connectivity index (χ0) is 17.6. The lowest BCUT2D eigenvalue weighted by Gasteiger charge is -2.25. The van der Waals surface area contributed by atoms with E-state index in [1.54, 1.807) is 6.07 Å². The van der Waals surface area contributed by atoms with Gasteiger partial charge in [-0.2, -0.15) is 0 Å². The molecule has 0 bridgehead atoms. The number of amides is 2. The van der Waals surface area contributed by atoms with Crippen LogP contribution in [0.1, 0.15) is 27.0 Å². The second-order valence-corrected chi connectivity index (χ2v) is 6.44. The summed E-state index contributed by atoms with van der Waals surface area (Å²) in [6.45, 7) is 4.46. The predicted molar refractivity (Wildman–Crippen MR) is 104 cm³/mol. The van der Waals surface area contributed by atoms with Crippen molar-refractivity contribution in [2.45, 2.75) is 20.0 Å². The van der Waals surface area contributed by atoms with Crippen LogP contribution in [-0.2, 0) is 17.9 Å². The molecule has 0 aliphatic carbocycles. The fourth-order valence-corrected chi connectivity index (χ4v) is 2.62. The Labute approximate surface area is 160 Å². The minimum absolute atomic E-state index is 0. The first-order valence-corrected chi connectivity index (χ1v) is 8.53. The van der Waals surface area contributed by atoms with Crippen LogP contribution in [0.15, 0.2) is 48.5 Å². The van der Waals surface area contributed by atoms with Gasteiger partial charge < -0.3 is 16.0 Å². The summed E-state index contributed by atoms with van der Waals surface area (Å²) in [5.74, 6) is 0.0194. The number of rotatable bonds is 6. The summed E-state index contributed by atoms with van der Waals surface area (Å²) >= 11 is 0. The van der Waals surface area contributed by atoms with E-state index >= 15 is 0 Å². The maximum absolute atomic E-state index is 12.3. The van der Waals surface area contributed by atoms with Gasteiger partial charge in [0.2, 0.25) is 5.91 Å². The van der Waals surface area contributed by atoms with Gasteiger partial charge in [-0.15, -0.1) is 12.4 Å². The van der Waals surface area contributed by atoms with Crippen LogP contribution in [-0.4, -0.2) is 24.9 Å². The SMILES string of the molecule is Cc1ccc(CNC(=O)c2cccc(CNC(=O)C3CNC3)c2)cc1.Cl. The molecular formula is C20H24ClN3O2. The Hall–Kier alpha value is -2.37. The van der Waals surface area contributed by atoms with Crippen LogP contribution in [0.5, 0.6) is 0 Å². The summed E-state index contributed by atoms with van der Waals surface area (Å²) in [5.41, 5.74) is 3.78. The van der Waals surface area contributed by atoms with Crippen molar-refractivity contribution in [3.8, 4) is 0 Å². The van der Waals surface area contributed by atoms with Crippen LogP contribution in [0.25, 0.3) is 0 Å². The molecule has 5 nitrogen and oxygen atoms in total. The van der Waals surface area contributed by atoms with E-state index in [1.807, 2.05) is 49.4 Å². The van der Waals surface area contributed by atoms with Gasteiger partial charge in [-0.1, -0.05) is 42.0 Å². The highest BCUT2D eigenvalue weighted by atomic mass is 35.5. The third-order valence-corrected chi connectivity index (χ3v) is 4.38. The largest absolute Gasteiger partial charge is 0.352 e. The van der Waals surface area contributed by atoms with Crippen LogP contribution < -0.4 is 16.0 Å². The van der Waals surface area contributed by atoms with Crippen LogP contribution in [0.3, 0.4) is 0 Å². The number of nitrogens with one attached hydrogen (secondary N) is 3. The van der Waals surface area contributed by atoms with Crippen molar-refractivity contribution in [3.05, 3.63) is 70.8 Å². The first-order valence-electron chi connectivity index (χ1n) is 8.53. The Kier molecular flexibility index (Phi) is 7.18. The second kappa shape index (κ2) is 9.36. The molecule has 2 aromatic carbocycles. The lowest BCUT2D eigenvalue weighted by atomic mass is 10.0. The quantitative estimate of drug-likeness (QED) is 0.727. The topological polar surface area (TPSA) is 70.2 Å². The normalized spacial score (nSPS) is 13.3. The minimum atomic E-state index is -0.114. The molecule has 138 valence electrons. The highest BCUT2D eigenvalue weighted by Gasteiger charge is 2.24. The minimum Gasteiger partial charge on any atom is -0.352 e. The molecule has 1 saturated heterocycles. The Morgan fingerprint density at radius 3 is 2.35 bits per heavy atom. The van der Waals surface area contributed by atoms with Gasteiger partial charge in [0.1, 0.15) is 0 Å². The number of hydrogen-bond donors (Lipinski definition) is 3. The molecule has 0 radical (unpaired) electrons. The first kappa shape index (κ1) is 19.9. The van der Waals surface area contributed by atoms with Gasteiger partial charge in [0.15, 0.2) is 0 Å². The van der Waals surface area contributed by atoms with Crippen molar-refractivity contribution in [2.75, 3.05) is 13.1 Å². The van der Waals surface area contributed by atoms with E-state index in [1.165, 1.54) is 5.56 Å². The van der Waals surface area contributed by atoms with Crippen LogP contribution >= 0.6 is 12.4 Å². The van der Waals surface area contributed by atoms with E-state index < -0.39 is 0 Å². The van der Waals surface area contributed by atoms with Crippen LogP contribution in [0.2, 0.25) is 0 Å². The molecule has 1 aliphatic heterocycles. The summed E-state index contributed by atoms with van der Waals surface area (Å²) in [6.07, 6.45) is 0. The number of aryl methyl sites for hydroxylation is 1. The summed E-state index contributed by atoms with van der Waals surface area (Å²) in [5, 5.41) is 8.93. The Bertz CT molecular complexity index is 758. The average Bonchev–Trinajstić information content (AvgIpc) is 2.58. The van der Waals surface area contributed by atoms with Gasteiger partial charge in [-0.25, -0.2) is 0 Å². The highest BCUT2D eigenvalue weighted by molar-refractivity contribution is 5.94. The Morgan fingerprint density at radius 1 is 1.00 bits per heavy atom. The summed E-state index contributed by atoms with van der Waals surface area (Å²) in [7, 11) is 0. The Balaban J connectivity index is 0.00000243. The average molecular weight is 374 g/mol. The van der Waals surface area contributed by atoms with E-state index in [-0.39, 0.29) is 30.1 Å². The number of hydrogen-bond acceptors (Lipinski definition) is 3. The van der Waals surface area contributed by atoms with Gasteiger partial charge in [0.05, 0.1) is 5.92 Å². The summed E-state index contributed by atoms with van der Waals surface area (Å²) in [6, 6.07) is 15.4. The predicted octanol–water partition coefficient (Wildman–Crippen LogP) is 2.18. The molecule has 26 heavy (non-hydrogen) atoms. The number of carbonyl (C=O) groups excluding carboxylic acids is 2. The first-order chi connectivity index (χ1) is 12.1. The third kappa shape index (κ3) is 5.31. The standard InChI is InChI=1S/C20H23N3O2.ClH/c1-14-5-7-15(8-6-14)10-22-19(24)17-4-2-3-16(9-17)11-23-20(25)18-12-21-13-18;/h2-9,18,21H,10-13H2,1H3,(H,22,24)(H,23,25);1H. The van der Waals surface area contributed by atoms with Gasteiger partial charge in [0.25, 0.3) is 5.91 Å². The van der Waals surface area contributed by atoms with Gasteiger partial charge in [-0.3, -0.25) is 9.59 Å². The molecule has 0 unspecified atom stereocenters. The molecule has 0 spiro atoms. The van der Waals surface area contributed by atoms with E-state index in [2.05, 4.69) is 16.0 Å². The molecule has 1 fully saturated rings. The maximum atomic E-state index is 12.3. The van der Waals surface area contributed by atoms with Crippen molar-refractivity contribution >= 4 is 24.2 Å². The lowest BCUT2D eigenvalue weighted by molar-refractivity contribution is -0.126. The fourth-order valence-electron chi connectivity index (χ4n) is 2.62. The van der Waals surface area contributed by atoms with E-state index in [9.17, 15) is 9.59 Å². The van der Waals surface area contributed by atoms with E-state index in [0.717, 1.165) is 24.2 Å². The summed E-state index contributed by atoms with van der Waals surface area (Å²) in [4.78, 5) is 24.2. The van der Waals surface area contributed by atoms with Crippen LogP contribution in [0.4, 0.5) is 0 Å². The molecule has 6 heteroatoms. The van der Waals surface area contributed by atoms with E-state index in [0.29, 0.717) is 18.7 Å². The van der Waals surface area contributed by atoms with Gasteiger partial charge in [0, 0.05) is 31.7 Å². The number of carbonyl (C=O) groups is 2. The molecule has 3 rings (SSSR count). The molecule has 2 aromatic rings. The number of halogens is 1.